The third kappa shape index (κ3) is 1.49. The van der Waals surface area contributed by atoms with Crippen LogP contribution in [-0.4, -0.2) is 4.98 Å². The van der Waals surface area contributed by atoms with E-state index in [9.17, 15) is 4.39 Å². The van der Waals surface area contributed by atoms with Gasteiger partial charge in [0.05, 0.1) is 6.20 Å². The normalized spacial score (nSPS) is 9.56. The van der Waals surface area contributed by atoms with Gasteiger partial charge >= 0.3 is 0 Å². The number of hydrogen-bond acceptors (Lipinski definition) is 1. The van der Waals surface area contributed by atoms with E-state index < -0.39 is 0 Å². The molecule has 0 aromatic carbocycles. The van der Waals surface area contributed by atoms with E-state index in [1.807, 2.05) is 6.92 Å². The minimum atomic E-state index is -0.255. The Morgan fingerprint density at radius 1 is 1.56 bits per heavy atom. The van der Waals surface area contributed by atoms with Crippen molar-refractivity contribution in [2.75, 3.05) is 0 Å². The number of halogens is 1. The van der Waals surface area contributed by atoms with Crippen molar-refractivity contribution in [2.24, 2.45) is 0 Å². The summed E-state index contributed by atoms with van der Waals surface area (Å²) >= 11 is 0. The van der Waals surface area contributed by atoms with E-state index in [0.29, 0.717) is 0 Å². The molecule has 0 N–H and O–H groups in total. The van der Waals surface area contributed by atoms with Crippen LogP contribution in [0.15, 0.2) is 18.5 Å². The van der Waals surface area contributed by atoms with E-state index in [0.717, 1.165) is 12.0 Å². The predicted octanol–water partition coefficient (Wildman–Crippen LogP) is 1.78. The summed E-state index contributed by atoms with van der Waals surface area (Å²) < 4.78 is 12.3. The van der Waals surface area contributed by atoms with E-state index in [4.69, 9.17) is 0 Å². The Labute approximate surface area is 53.5 Å². The van der Waals surface area contributed by atoms with Crippen LogP contribution >= 0.6 is 0 Å². The highest BCUT2D eigenvalue weighted by molar-refractivity contribution is 5.09. The Balaban J connectivity index is 2.94. The first-order chi connectivity index (χ1) is 4.33. The molecule has 0 amide bonds. The molecule has 0 bridgehead atoms. The van der Waals surface area contributed by atoms with Crippen molar-refractivity contribution in [3.05, 3.63) is 29.8 Å². The molecule has 0 aliphatic rings. The largest absolute Gasteiger partial charge is 0.261 e. The summed E-state index contributed by atoms with van der Waals surface area (Å²) in [6, 6.07) is 1.49. The van der Waals surface area contributed by atoms with Gasteiger partial charge in [0.2, 0.25) is 0 Å². The van der Waals surface area contributed by atoms with E-state index in [2.05, 4.69) is 4.98 Å². The maximum atomic E-state index is 12.3. The molecule has 0 aliphatic heterocycles. The highest BCUT2D eigenvalue weighted by Crippen LogP contribution is 1.99. The Hall–Kier alpha value is -0.920. The standard InChI is InChI=1S/C7H8FN/c1-2-6-3-7(8)5-9-4-6/h3-5H,2H2,1H3. The fourth-order valence-electron chi connectivity index (χ4n) is 0.649. The summed E-state index contributed by atoms with van der Waals surface area (Å²) in [5.74, 6) is -0.255. The summed E-state index contributed by atoms with van der Waals surface area (Å²) in [5, 5.41) is 0. The molecule has 1 rings (SSSR count). The van der Waals surface area contributed by atoms with Gasteiger partial charge in [-0.3, -0.25) is 4.98 Å². The van der Waals surface area contributed by atoms with Gasteiger partial charge in [0, 0.05) is 6.20 Å². The topological polar surface area (TPSA) is 12.9 Å². The van der Waals surface area contributed by atoms with E-state index in [1.54, 1.807) is 6.20 Å². The quantitative estimate of drug-likeness (QED) is 0.557. The lowest BCUT2D eigenvalue weighted by Gasteiger charge is -1.91. The Bertz CT molecular complexity index is 198. The van der Waals surface area contributed by atoms with Crippen LogP contribution in [-0.2, 0) is 6.42 Å². The van der Waals surface area contributed by atoms with Gasteiger partial charge in [0.25, 0.3) is 0 Å². The third-order valence-corrected chi connectivity index (χ3v) is 1.17. The fraction of sp³-hybridized carbons (Fsp3) is 0.286. The summed E-state index contributed by atoms with van der Waals surface area (Å²) in [4.78, 5) is 3.68. The zero-order chi connectivity index (χ0) is 6.69. The number of hydrogen-bond donors (Lipinski definition) is 0. The number of pyridine rings is 1. The van der Waals surface area contributed by atoms with Crippen LogP contribution in [0.25, 0.3) is 0 Å². The Morgan fingerprint density at radius 2 is 2.33 bits per heavy atom. The van der Waals surface area contributed by atoms with Crippen LogP contribution in [0.3, 0.4) is 0 Å². The monoisotopic (exact) mass is 125 g/mol. The molecule has 1 nitrogen and oxygen atoms in total. The second-order valence-corrected chi connectivity index (χ2v) is 1.86. The Morgan fingerprint density at radius 3 is 2.78 bits per heavy atom. The third-order valence-electron chi connectivity index (χ3n) is 1.17. The van der Waals surface area contributed by atoms with Crippen LogP contribution < -0.4 is 0 Å². The molecular weight excluding hydrogens is 117 g/mol. The first-order valence-electron chi connectivity index (χ1n) is 2.92. The first-order valence-corrected chi connectivity index (χ1v) is 2.92. The van der Waals surface area contributed by atoms with Gasteiger partial charge in [-0.2, -0.15) is 0 Å². The minimum Gasteiger partial charge on any atom is -0.261 e. The van der Waals surface area contributed by atoms with E-state index in [1.165, 1.54) is 12.3 Å². The summed E-state index contributed by atoms with van der Waals surface area (Å²) in [5.41, 5.74) is 0.940. The number of aromatic nitrogens is 1. The first kappa shape index (κ1) is 6.20. The van der Waals surface area contributed by atoms with Gasteiger partial charge < -0.3 is 0 Å². The lowest BCUT2D eigenvalue weighted by molar-refractivity contribution is 0.619. The molecule has 0 radical (unpaired) electrons. The smallest absolute Gasteiger partial charge is 0.141 e. The van der Waals surface area contributed by atoms with Crippen LogP contribution in [0.1, 0.15) is 12.5 Å². The van der Waals surface area contributed by atoms with Gasteiger partial charge in [0.15, 0.2) is 0 Å². The zero-order valence-electron chi connectivity index (χ0n) is 5.26. The summed E-state index contributed by atoms with van der Waals surface area (Å²) in [6.45, 7) is 1.97. The summed E-state index contributed by atoms with van der Waals surface area (Å²) in [6.07, 6.45) is 3.72. The Kier molecular flexibility index (Phi) is 1.78. The average molecular weight is 125 g/mol. The molecule has 2 heteroatoms. The van der Waals surface area contributed by atoms with Gasteiger partial charge in [-0.15, -0.1) is 0 Å². The molecule has 0 saturated heterocycles. The van der Waals surface area contributed by atoms with Crippen molar-refractivity contribution in [1.82, 2.24) is 4.98 Å². The van der Waals surface area contributed by atoms with Crippen molar-refractivity contribution in [2.45, 2.75) is 13.3 Å². The second kappa shape index (κ2) is 2.58. The van der Waals surface area contributed by atoms with E-state index >= 15 is 0 Å². The molecule has 1 heterocycles. The van der Waals surface area contributed by atoms with Crippen LogP contribution in [0.4, 0.5) is 4.39 Å². The molecule has 1 aromatic heterocycles. The minimum absolute atomic E-state index is 0.255. The van der Waals surface area contributed by atoms with E-state index in [-0.39, 0.29) is 5.82 Å². The fourth-order valence-corrected chi connectivity index (χ4v) is 0.649. The maximum Gasteiger partial charge on any atom is 0.141 e. The van der Waals surface area contributed by atoms with Crippen LogP contribution in [0.2, 0.25) is 0 Å². The molecular formula is C7H8FN. The highest BCUT2D eigenvalue weighted by Gasteiger charge is 1.90. The number of rotatable bonds is 1. The van der Waals surface area contributed by atoms with Crippen molar-refractivity contribution >= 4 is 0 Å². The molecule has 9 heavy (non-hydrogen) atoms. The van der Waals surface area contributed by atoms with Crippen molar-refractivity contribution < 1.29 is 4.39 Å². The van der Waals surface area contributed by atoms with Gasteiger partial charge in [-0.25, -0.2) is 4.39 Å². The molecule has 48 valence electrons. The lowest BCUT2D eigenvalue weighted by Crippen LogP contribution is -1.83. The molecule has 0 atom stereocenters. The van der Waals surface area contributed by atoms with Gasteiger partial charge in [-0.1, -0.05) is 6.92 Å². The molecule has 0 fully saturated rings. The molecule has 1 aromatic rings. The highest BCUT2D eigenvalue weighted by atomic mass is 19.1. The predicted molar refractivity (Wildman–Crippen MR) is 33.6 cm³/mol. The van der Waals surface area contributed by atoms with Crippen LogP contribution in [0.5, 0.6) is 0 Å². The second-order valence-electron chi connectivity index (χ2n) is 1.86. The van der Waals surface area contributed by atoms with Crippen molar-refractivity contribution in [1.29, 1.82) is 0 Å². The number of aryl methyl sites for hydroxylation is 1. The molecule has 0 saturated carbocycles. The summed E-state index contributed by atoms with van der Waals surface area (Å²) in [7, 11) is 0. The number of nitrogens with zero attached hydrogens (tertiary/aromatic N) is 1. The van der Waals surface area contributed by atoms with Crippen LogP contribution in [0, 0.1) is 5.82 Å². The SMILES string of the molecule is CCc1cncc(F)c1. The molecule has 0 unspecified atom stereocenters. The van der Waals surface area contributed by atoms with Gasteiger partial charge in [-0.05, 0) is 18.1 Å². The van der Waals surface area contributed by atoms with Crippen molar-refractivity contribution in [3.8, 4) is 0 Å². The maximum absolute atomic E-state index is 12.3. The average Bonchev–Trinajstić information content (AvgIpc) is 1.88. The lowest BCUT2D eigenvalue weighted by atomic mass is 10.2. The zero-order valence-corrected chi connectivity index (χ0v) is 5.26. The van der Waals surface area contributed by atoms with Crippen molar-refractivity contribution in [3.63, 3.8) is 0 Å². The molecule has 0 spiro atoms. The van der Waals surface area contributed by atoms with Gasteiger partial charge in [0.1, 0.15) is 5.82 Å². The molecule has 0 aliphatic carbocycles.